The van der Waals surface area contributed by atoms with Gasteiger partial charge in [-0.05, 0) is 55.0 Å². The van der Waals surface area contributed by atoms with Crippen LogP contribution in [-0.2, 0) is 16.6 Å². The van der Waals surface area contributed by atoms with Crippen molar-refractivity contribution in [3.63, 3.8) is 0 Å². The number of hydrogen-bond acceptors (Lipinski definition) is 4. The first-order chi connectivity index (χ1) is 13.3. The number of halogens is 2. The maximum atomic E-state index is 14.1. The molecule has 1 amide bonds. The van der Waals surface area contributed by atoms with Gasteiger partial charge in [0.05, 0.1) is 23.3 Å². The van der Waals surface area contributed by atoms with Crippen LogP contribution in [0, 0.1) is 12.7 Å². The summed E-state index contributed by atoms with van der Waals surface area (Å²) < 4.78 is 46.4. The topological polar surface area (TPSA) is 88.4 Å². The van der Waals surface area contributed by atoms with Crippen LogP contribution in [0.2, 0.25) is 5.02 Å². The van der Waals surface area contributed by atoms with Crippen LogP contribution in [0.25, 0.3) is 0 Å². The fraction of sp³-hybridized carbons (Fsp3) is 0.105. The van der Waals surface area contributed by atoms with Crippen molar-refractivity contribution in [3.8, 4) is 0 Å². The summed E-state index contributed by atoms with van der Waals surface area (Å²) in [7, 11) is -3.97. The van der Waals surface area contributed by atoms with Crippen LogP contribution in [0.4, 0.5) is 10.1 Å². The molecule has 0 unspecified atom stereocenters. The van der Waals surface area contributed by atoms with E-state index in [-0.39, 0.29) is 11.4 Å². The first-order valence-corrected chi connectivity index (χ1v) is 10.0. The van der Waals surface area contributed by atoms with Crippen LogP contribution in [0.1, 0.15) is 21.7 Å². The highest BCUT2D eigenvalue weighted by Gasteiger charge is 2.20. The Labute approximate surface area is 166 Å². The third kappa shape index (κ3) is 4.59. The van der Waals surface area contributed by atoms with E-state index in [1.165, 1.54) is 12.3 Å². The zero-order valence-electron chi connectivity index (χ0n) is 14.7. The van der Waals surface area contributed by atoms with Crippen molar-refractivity contribution in [2.45, 2.75) is 18.4 Å². The van der Waals surface area contributed by atoms with Crippen molar-refractivity contribution in [1.82, 2.24) is 4.72 Å². The van der Waals surface area contributed by atoms with Gasteiger partial charge in [0.2, 0.25) is 10.0 Å². The van der Waals surface area contributed by atoms with Gasteiger partial charge in [-0.25, -0.2) is 17.5 Å². The van der Waals surface area contributed by atoms with Gasteiger partial charge in [-0.15, -0.1) is 0 Å². The van der Waals surface area contributed by atoms with Gasteiger partial charge in [0.15, 0.2) is 0 Å². The number of hydrogen-bond donors (Lipinski definition) is 2. The highest BCUT2D eigenvalue weighted by molar-refractivity contribution is 7.89. The van der Waals surface area contributed by atoms with E-state index in [4.69, 9.17) is 16.0 Å². The Balaban J connectivity index is 1.81. The zero-order valence-corrected chi connectivity index (χ0v) is 16.3. The summed E-state index contributed by atoms with van der Waals surface area (Å²) in [5.74, 6) is -1.22. The molecule has 1 heterocycles. The predicted molar refractivity (Wildman–Crippen MR) is 103 cm³/mol. The van der Waals surface area contributed by atoms with Crippen LogP contribution in [-0.4, -0.2) is 14.3 Å². The second-order valence-corrected chi connectivity index (χ2v) is 8.14. The molecule has 0 aliphatic heterocycles. The van der Waals surface area contributed by atoms with Gasteiger partial charge >= 0.3 is 0 Å². The summed E-state index contributed by atoms with van der Waals surface area (Å²) in [5.41, 5.74) is 0.781. The summed E-state index contributed by atoms with van der Waals surface area (Å²) in [6.45, 7) is 1.73. The van der Waals surface area contributed by atoms with Crippen molar-refractivity contribution < 1.29 is 22.0 Å². The number of sulfonamides is 1. The number of carbonyl (C=O) groups excluding carboxylic acids is 1. The van der Waals surface area contributed by atoms with E-state index in [1.54, 1.807) is 31.2 Å². The van der Waals surface area contributed by atoms with Crippen molar-refractivity contribution in [2.75, 3.05) is 5.32 Å². The van der Waals surface area contributed by atoms with Crippen LogP contribution in [0.5, 0.6) is 0 Å². The molecule has 0 atom stereocenters. The van der Waals surface area contributed by atoms with Crippen molar-refractivity contribution >= 4 is 33.2 Å². The number of rotatable bonds is 6. The lowest BCUT2D eigenvalue weighted by atomic mass is 10.2. The molecule has 0 fully saturated rings. The van der Waals surface area contributed by atoms with Crippen molar-refractivity contribution in [2.24, 2.45) is 0 Å². The number of carbonyl (C=O) groups is 1. The molecule has 28 heavy (non-hydrogen) atoms. The third-order valence-electron chi connectivity index (χ3n) is 3.94. The van der Waals surface area contributed by atoms with Gasteiger partial charge in [0.1, 0.15) is 11.6 Å². The molecular formula is C19H16ClFN2O4S. The average molecular weight is 423 g/mol. The number of nitrogens with one attached hydrogen (secondary N) is 2. The van der Waals surface area contributed by atoms with Crippen LogP contribution in [0.15, 0.2) is 64.1 Å². The average Bonchev–Trinajstić information content (AvgIpc) is 3.17. The number of amides is 1. The maximum Gasteiger partial charge on any atom is 0.258 e. The summed E-state index contributed by atoms with van der Waals surface area (Å²) in [5, 5.41) is 2.95. The number of benzene rings is 2. The van der Waals surface area contributed by atoms with Crippen molar-refractivity contribution in [3.05, 3.63) is 82.5 Å². The molecule has 2 N–H and O–H groups in total. The molecule has 0 aliphatic rings. The highest BCUT2D eigenvalue weighted by Crippen LogP contribution is 2.22. The molecule has 0 saturated heterocycles. The Morgan fingerprint density at radius 3 is 2.64 bits per heavy atom. The summed E-state index contributed by atoms with van der Waals surface area (Å²) in [6, 6.07) is 11.1. The lowest BCUT2D eigenvalue weighted by molar-refractivity contribution is 0.102. The second kappa shape index (κ2) is 8.14. The maximum absolute atomic E-state index is 14.1. The molecular weight excluding hydrogens is 407 g/mol. The fourth-order valence-corrected chi connectivity index (χ4v) is 3.58. The molecule has 0 spiro atoms. The van der Waals surface area contributed by atoms with Crippen LogP contribution in [0.3, 0.4) is 0 Å². The Morgan fingerprint density at radius 2 is 1.96 bits per heavy atom. The lowest BCUT2D eigenvalue weighted by Gasteiger charge is -2.10. The normalized spacial score (nSPS) is 11.4. The van der Waals surface area contributed by atoms with Crippen LogP contribution >= 0.6 is 11.6 Å². The summed E-state index contributed by atoms with van der Waals surface area (Å²) in [4.78, 5) is 12.2. The minimum Gasteiger partial charge on any atom is -0.468 e. The molecule has 0 saturated carbocycles. The minimum atomic E-state index is -3.97. The Morgan fingerprint density at radius 1 is 1.18 bits per heavy atom. The van der Waals surface area contributed by atoms with E-state index < -0.39 is 27.3 Å². The number of furan rings is 1. The largest absolute Gasteiger partial charge is 0.468 e. The Bertz CT molecular complexity index is 1110. The molecule has 3 rings (SSSR count). The Hall–Kier alpha value is -2.68. The fourth-order valence-electron chi connectivity index (χ4n) is 2.38. The quantitative estimate of drug-likeness (QED) is 0.625. The first-order valence-electron chi connectivity index (χ1n) is 8.15. The van der Waals surface area contributed by atoms with E-state index in [1.807, 2.05) is 0 Å². The molecule has 6 nitrogen and oxygen atoms in total. The van der Waals surface area contributed by atoms with Gasteiger partial charge in [0, 0.05) is 10.7 Å². The molecule has 146 valence electrons. The molecule has 9 heteroatoms. The van der Waals surface area contributed by atoms with E-state index in [0.717, 1.165) is 23.8 Å². The lowest BCUT2D eigenvalue weighted by Crippen LogP contribution is -2.24. The van der Waals surface area contributed by atoms with Gasteiger partial charge in [-0.1, -0.05) is 17.7 Å². The molecule has 3 aromatic rings. The minimum absolute atomic E-state index is 0.0733. The zero-order chi connectivity index (χ0) is 20.3. The number of anilines is 1. The molecule has 0 aliphatic carbocycles. The van der Waals surface area contributed by atoms with Crippen molar-refractivity contribution in [1.29, 1.82) is 0 Å². The van der Waals surface area contributed by atoms with Crippen LogP contribution < -0.4 is 10.0 Å². The first kappa shape index (κ1) is 20.1. The monoisotopic (exact) mass is 422 g/mol. The van der Waals surface area contributed by atoms with E-state index in [0.29, 0.717) is 16.5 Å². The van der Waals surface area contributed by atoms with Gasteiger partial charge in [-0.2, -0.15) is 0 Å². The summed E-state index contributed by atoms with van der Waals surface area (Å²) >= 11 is 6.02. The van der Waals surface area contributed by atoms with E-state index in [9.17, 15) is 17.6 Å². The van der Waals surface area contributed by atoms with Gasteiger partial charge < -0.3 is 9.73 Å². The Kier molecular flexibility index (Phi) is 5.83. The third-order valence-corrected chi connectivity index (χ3v) is 5.75. The molecule has 2 aromatic carbocycles. The second-order valence-electron chi connectivity index (χ2n) is 5.96. The molecule has 1 aromatic heterocycles. The SMILES string of the molecule is Cc1ccc(NC(=O)c2cc(S(=O)(=O)NCc3ccco3)ccc2F)cc1Cl. The predicted octanol–water partition coefficient (Wildman–Crippen LogP) is 4.11. The standard InChI is InChI=1S/C19H16ClFN2O4S/c1-12-4-5-13(9-17(12)20)23-19(24)16-10-15(6-7-18(16)21)28(25,26)22-11-14-3-2-8-27-14/h2-10,22H,11H2,1H3,(H,23,24). The highest BCUT2D eigenvalue weighted by atomic mass is 35.5. The van der Waals surface area contributed by atoms with Gasteiger partial charge in [-0.3, -0.25) is 4.79 Å². The van der Waals surface area contributed by atoms with E-state index >= 15 is 0 Å². The smallest absolute Gasteiger partial charge is 0.258 e. The van der Waals surface area contributed by atoms with E-state index in [2.05, 4.69) is 10.0 Å². The summed E-state index contributed by atoms with van der Waals surface area (Å²) in [6.07, 6.45) is 1.42. The molecule has 0 radical (unpaired) electrons. The van der Waals surface area contributed by atoms with Gasteiger partial charge in [0.25, 0.3) is 5.91 Å². The molecule has 0 bridgehead atoms. The number of aryl methyl sites for hydroxylation is 1.